The highest BCUT2D eigenvalue weighted by molar-refractivity contribution is 5.97. The van der Waals surface area contributed by atoms with Gasteiger partial charge in [0.1, 0.15) is 0 Å². The number of rotatable bonds is 5. The number of ketones is 1. The summed E-state index contributed by atoms with van der Waals surface area (Å²) in [5.41, 5.74) is 2.56. The van der Waals surface area contributed by atoms with Gasteiger partial charge >= 0.3 is 5.69 Å². The molecule has 0 atom stereocenters. The number of aryl methyl sites for hydroxylation is 2. The molecule has 0 bridgehead atoms. The fourth-order valence-electron chi connectivity index (χ4n) is 2.36. The van der Waals surface area contributed by atoms with E-state index in [9.17, 15) is 9.59 Å². The Morgan fingerprint density at radius 1 is 1.20 bits per heavy atom. The van der Waals surface area contributed by atoms with E-state index < -0.39 is 0 Å². The van der Waals surface area contributed by atoms with Crippen LogP contribution in [0.15, 0.2) is 23.3 Å². The summed E-state index contributed by atoms with van der Waals surface area (Å²) in [6, 6.07) is 1.88. The van der Waals surface area contributed by atoms with Gasteiger partial charge in [-0.2, -0.15) is 0 Å². The fourth-order valence-corrected chi connectivity index (χ4v) is 2.36. The lowest BCUT2D eigenvalue weighted by molar-refractivity contribution is 0.0970. The average molecular weight is 275 g/mol. The van der Waals surface area contributed by atoms with Crippen LogP contribution in [-0.2, 0) is 20.1 Å². The van der Waals surface area contributed by atoms with Gasteiger partial charge in [-0.25, -0.2) is 4.79 Å². The Bertz CT molecular complexity index is 689. The molecule has 2 rings (SSSR count). The lowest BCUT2D eigenvalue weighted by Crippen LogP contribution is -2.26. The molecule has 20 heavy (non-hydrogen) atoms. The van der Waals surface area contributed by atoms with Crippen molar-refractivity contribution < 1.29 is 4.79 Å². The lowest BCUT2D eigenvalue weighted by Gasteiger charge is -2.03. The first-order valence-electron chi connectivity index (χ1n) is 6.87. The van der Waals surface area contributed by atoms with Gasteiger partial charge in [-0.05, 0) is 26.3 Å². The Kier molecular flexibility index (Phi) is 3.97. The van der Waals surface area contributed by atoms with Crippen molar-refractivity contribution in [3.05, 3.63) is 45.9 Å². The van der Waals surface area contributed by atoms with Crippen LogP contribution < -0.4 is 5.69 Å². The predicted molar refractivity (Wildman–Crippen MR) is 78.2 cm³/mol. The van der Waals surface area contributed by atoms with Crippen LogP contribution in [0.5, 0.6) is 0 Å². The Balaban J connectivity index is 2.24. The van der Waals surface area contributed by atoms with Gasteiger partial charge in [0.05, 0.1) is 6.54 Å². The molecule has 0 unspecified atom stereocenters. The van der Waals surface area contributed by atoms with Gasteiger partial charge in [0.2, 0.25) is 0 Å². The van der Waals surface area contributed by atoms with Crippen LogP contribution >= 0.6 is 0 Å². The minimum atomic E-state index is -0.120. The summed E-state index contributed by atoms with van der Waals surface area (Å²) in [5, 5.41) is 0. The summed E-state index contributed by atoms with van der Waals surface area (Å²) in [7, 11) is 1.94. The highest BCUT2D eigenvalue weighted by atomic mass is 16.2. The molecule has 0 aromatic carbocycles. The molecule has 0 N–H and O–H groups in total. The molecule has 0 fully saturated rings. The number of hydrogen-bond donors (Lipinski definition) is 0. The summed E-state index contributed by atoms with van der Waals surface area (Å²) < 4.78 is 5.09. The maximum absolute atomic E-state index is 12.3. The van der Waals surface area contributed by atoms with E-state index in [1.807, 2.05) is 38.5 Å². The van der Waals surface area contributed by atoms with Crippen LogP contribution in [0.4, 0.5) is 0 Å². The molecule has 0 saturated heterocycles. The van der Waals surface area contributed by atoms with E-state index in [1.54, 1.807) is 17.0 Å². The van der Waals surface area contributed by atoms with Gasteiger partial charge in [-0.3, -0.25) is 13.9 Å². The van der Waals surface area contributed by atoms with Crippen LogP contribution in [-0.4, -0.2) is 19.5 Å². The van der Waals surface area contributed by atoms with E-state index in [1.165, 1.54) is 4.57 Å². The fraction of sp³-hybridized carbons (Fsp3) is 0.467. The summed E-state index contributed by atoms with van der Waals surface area (Å²) >= 11 is 0. The lowest BCUT2D eigenvalue weighted by atomic mass is 10.1. The molecule has 0 aliphatic heterocycles. The molecule has 5 nitrogen and oxygen atoms in total. The summed E-state index contributed by atoms with van der Waals surface area (Å²) in [6.45, 7) is 6.69. The molecule has 0 amide bonds. The van der Waals surface area contributed by atoms with E-state index in [0.29, 0.717) is 12.1 Å². The number of carbonyl (C=O) groups is 1. The Hall–Kier alpha value is -2.04. The van der Waals surface area contributed by atoms with Crippen molar-refractivity contribution in [2.24, 2.45) is 7.05 Å². The number of Topliss-reactive ketones (excluding diaryl/α,β-unsaturated/α-hetero) is 1. The third kappa shape index (κ3) is 2.48. The molecule has 2 aromatic heterocycles. The van der Waals surface area contributed by atoms with Gasteiger partial charge in [-0.1, -0.05) is 6.92 Å². The molecule has 0 radical (unpaired) electrons. The maximum atomic E-state index is 12.3. The molecule has 0 aliphatic carbocycles. The van der Waals surface area contributed by atoms with E-state index in [0.717, 1.165) is 17.8 Å². The van der Waals surface area contributed by atoms with Crippen LogP contribution in [0.2, 0.25) is 0 Å². The van der Waals surface area contributed by atoms with E-state index in [2.05, 4.69) is 0 Å². The van der Waals surface area contributed by atoms with Crippen molar-refractivity contribution in [3.8, 4) is 0 Å². The second kappa shape index (κ2) is 5.53. The normalized spacial score (nSPS) is 11.0. The molecule has 0 aliphatic rings. The average Bonchev–Trinajstić information content (AvgIpc) is 2.87. The minimum absolute atomic E-state index is 0.0254. The zero-order chi connectivity index (χ0) is 14.9. The summed E-state index contributed by atoms with van der Waals surface area (Å²) in [4.78, 5) is 24.4. The Morgan fingerprint density at radius 3 is 2.40 bits per heavy atom. The quantitative estimate of drug-likeness (QED) is 0.782. The second-order valence-corrected chi connectivity index (χ2v) is 5.17. The predicted octanol–water partition coefficient (Wildman–Crippen LogP) is 1.90. The highest BCUT2D eigenvalue weighted by Crippen LogP contribution is 2.14. The maximum Gasteiger partial charge on any atom is 0.328 e. The number of nitrogens with zero attached hydrogens (tertiary/aromatic N) is 3. The molecular weight excluding hydrogens is 254 g/mol. The van der Waals surface area contributed by atoms with Gasteiger partial charge in [0.25, 0.3) is 0 Å². The van der Waals surface area contributed by atoms with Gasteiger partial charge in [0, 0.05) is 42.9 Å². The number of imidazole rings is 1. The topological polar surface area (TPSA) is 48.9 Å². The third-order valence-corrected chi connectivity index (χ3v) is 3.77. The number of hydrogen-bond acceptors (Lipinski definition) is 2. The van der Waals surface area contributed by atoms with Crippen LogP contribution in [0.3, 0.4) is 0 Å². The van der Waals surface area contributed by atoms with Crippen molar-refractivity contribution in [1.82, 2.24) is 13.7 Å². The number of aromatic nitrogens is 3. The minimum Gasteiger partial charge on any atom is -0.351 e. The molecule has 2 aromatic rings. The first-order valence-corrected chi connectivity index (χ1v) is 6.87. The van der Waals surface area contributed by atoms with Crippen molar-refractivity contribution in [2.45, 2.75) is 40.3 Å². The SMILES string of the molecule is CCCn1ccn(CC(=O)c2cc(C)n(C)c2C)c1=O. The zero-order valence-corrected chi connectivity index (χ0v) is 12.5. The zero-order valence-electron chi connectivity index (χ0n) is 12.5. The summed E-state index contributed by atoms with van der Waals surface area (Å²) in [6.07, 6.45) is 4.32. The van der Waals surface area contributed by atoms with Crippen LogP contribution in [0, 0.1) is 13.8 Å². The molecule has 108 valence electrons. The van der Waals surface area contributed by atoms with E-state index >= 15 is 0 Å². The monoisotopic (exact) mass is 275 g/mol. The van der Waals surface area contributed by atoms with Crippen molar-refractivity contribution in [3.63, 3.8) is 0 Å². The van der Waals surface area contributed by atoms with Crippen LogP contribution in [0.1, 0.15) is 35.1 Å². The van der Waals surface area contributed by atoms with Gasteiger partial charge in [-0.15, -0.1) is 0 Å². The van der Waals surface area contributed by atoms with Crippen molar-refractivity contribution in [2.75, 3.05) is 0 Å². The molecule has 2 heterocycles. The molecular formula is C15H21N3O2. The van der Waals surface area contributed by atoms with E-state index in [-0.39, 0.29) is 18.0 Å². The number of carbonyl (C=O) groups excluding carboxylic acids is 1. The standard InChI is InChI=1S/C15H21N3O2/c1-5-6-17-7-8-18(15(17)20)10-14(19)13-9-11(2)16(4)12(13)3/h7-9H,5-6,10H2,1-4H3. The largest absolute Gasteiger partial charge is 0.351 e. The first kappa shape index (κ1) is 14.4. The van der Waals surface area contributed by atoms with Crippen molar-refractivity contribution >= 4 is 5.78 Å². The van der Waals surface area contributed by atoms with Crippen LogP contribution in [0.25, 0.3) is 0 Å². The van der Waals surface area contributed by atoms with Crippen molar-refractivity contribution in [1.29, 1.82) is 0 Å². The van der Waals surface area contributed by atoms with Gasteiger partial charge in [0.15, 0.2) is 5.78 Å². The third-order valence-electron chi connectivity index (χ3n) is 3.77. The highest BCUT2D eigenvalue weighted by Gasteiger charge is 2.15. The molecule has 0 spiro atoms. The van der Waals surface area contributed by atoms with E-state index in [4.69, 9.17) is 0 Å². The Morgan fingerprint density at radius 2 is 1.85 bits per heavy atom. The Labute approximate surface area is 118 Å². The molecule has 5 heteroatoms. The van der Waals surface area contributed by atoms with Gasteiger partial charge < -0.3 is 4.57 Å². The molecule has 0 saturated carbocycles. The smallest absolute Gasteiger partial charge is 0.328 e. The second-order valence-electron chi connectivity index (χ2n) is 5.17. The first-order chi connectivity index (χ1) is 9.45. The summed E-state index contributed by atoms with van der Waals surface area (Å²) in [5.74, 6) is -0.0254.